The van der Waals surface area contributed by atoms with Gasteiger partial charge in [0.1, 0.15) is 0 Å². The predicted octanol–water partition coefficient (Wildman–Crippen LogP) is 3.24. The highest BCUT2D eigenvalue weighted by atomic mass is 35.5. The van der Waals surface area contributed by atoms with E-state index in [1.54, 1.807) is 29.1 Å². The molecule has 1 unspecified atom stereocenters. The number of hydrogen-bond acceptors (Lipinski definition) is 3. The number of halogens is 1. The van der Waals surface area contributed by atoms with Crippen molar-refractivity contribution in [2.75, 3.05) is 0 Å². The summed E-state index contributed by atoms with van der Waals surface area (Å²) in [4.78, 5) is 0. The number of aromatic nitrogens is 2. The summed E-state index contributed by atoms with van der Waals surface area (Å²) in [6.07, 6.45) is 2.96. The van der Waals surface area contributed by atoms with Crippen molar-refractivity contribution in [2.45, 2.75) is 12.5 Å². The van der Waals surface area contributed by atoms with Gasteiger partial charge in [-0.2, -0.15) is 10.4 Å². The van der Waals surface area contributed by atoms with Gasteiger partial charge >= 0.3 is 0 Å². The minimum atomic E-state index is -0.797. The molecule has 1 aromatic carbocycles. The van der Waals surface area contributed by atoms with Gasteiger partial charge in [0.05, 0.1) is 18.4 Å². The van der Waals surface area contributed by atoms with Crippen LogP contribution in [0.5, 0.6) is 0 Å². The molecule has 0 aliphatic carbocycles. The molecular weight excluding hydrogens is 274 g/mol. The molecule has 1 aromatic heterocycles. The number of rotatable bonds is 4. The smallest absolute Gasteiger partial charge is 0.0941 e. The van der Waals surface area contributed by atoms with Crippen molar-refractivity contribution >= 4 is 11.6 Å². The summed E-state index contributed by atoms with van der Waals surface area (Å²) in [7, 11) is 1.82. The number of aryl methyl sites for hydroxylation is 1. The summed E-state index contributed by atoms with van der Waals surface area (Å²) in [5, 5.41) is 23.8. The van der Waals surface area contributed by atoms with Crippen LogP contribution in [-0.2, 0) is 7.05 Å². The Kier molecular flexibility index (Phi) is 4.23. The third-order valence-electron chi connectivity index (χ3n) is 2.99. The Balaban J connectivity index is 2.43. The Hall–Kier alpha value is -2.09. The van der Waals surface area contributed by atoms with E-state index in [9.17, 15) is 5.11 Å². The maximum Gasteiger partial charge on any atom is 0.0941 e. The zero-order chi connectivity index (χ0) is 14.7. The van der Waals surface area contributed by atoms with Crippen LogP contribution in [0.15, 0.2) is 42.7 Å². The second-order valence-electron chi connectivity index (χ2n) is 4.57. The average Bonchev–Trinajstić information content (AvgIpc) is 2.84. The van der Waals surface area contributed by atoms with Crippen LogP contribution in [0.2, 0.25) is 5.02 Å². The quantitative estimate of drug-likeness (QED) is 0.878. The Morgan fingerprint density at radius 3 is 2.95 bits per heavy atom. The fraction of sp³-hybridized carbons (Fsp3) is 0.200. The van der Waals surface area contributed by atoms with Crippen LogP contribution in [0.3, 0.4) is 0 Å². The Morgan fingerprint density at radius 2 is 2.35 bits per heavy atom. The minimum Gasteiger partial charge on any atom is -0.388 e. The fourth-order valence-electron chi connectivity index (χ4n) is 2.02. The Bertz CT molecular complexity index is 685. The van der Waals surface area contributed by atoms with E-state index in [0.29, 0.717) is 16.2 Å². The van der Waals surface area contributed by atoms with Gasteiger partial charge in [-0.15, -0.1) is 0 Å². The molecule has 2 aromatic rings. The molecule has 0 saturated heterocycles. The topological polar surface area (TPSA) is 61.8 Å². The number of aliphatic hydroxyl groups excluding tert-OH is 1. The molecule has 0 bridgehead atoms. The maximum atomic E-state index is 10.3. The molecule has 0 radical (unpaired) electrons. The molecule has 0 spiro atoms. The Labute approximate surface area is 122 Å². The molecule has 0 aliphatic rings. The van der Waals surface area contributed by atoms with E-state index in [2.05, 4.69) is 11.7 Å². The Morgan fingerprint density at radius 1 is 1.60 bits per heavy atom. The largest absolute Gasteiger partial charge is 0.388 e. The highest BCUT2D eigenvalue weighted by Crippen LogP contribution is 2.33. The van der Waals surface area contributed by atoms with E-state index in [0.717, 1.165) is 11.1 Å². The average molecular weight is 288 g/mol. The predicted molar refractivity (Wildman–Crippen MR) is 78.0 cm³/mol. The van der Waals surface area contributed by atoms with Crippen LogP contribution in [0.1, 0.15) is 18.1 Å². The number of hydrogen-bond donors (Lipinski definition) is 1. The van der Waals surface area contributed by atoms with Crippen LogP contribution in [0.4, 0.5) is 0 Å². The molecule has 2 rings (SSSR count). The van der Waals surface area contributed by atoms with E-state index < -0.39 is 6.10 Å². The lowest BCUT2D eigenvalue weighted by Crippen LogP contribution is -2.00. The van der Waals surface area contributed by atoms with Crippen molar-refractivity contribution in [3.05, 3.63) is 53.3 Å². The van der Waals surface area contributed by atoms with Crippen LogP contribution in [0, 0.1) is 11.3 Å². The molecule has 1 atom stereocenters. The van der Waals surface area contributed by atoms with Crippen LogP contribution < -0.4 is 0 Å². The van der Waals surface area contributed by atoms with Gasteiger partial charge in [0.25, 0.3) is 0 Å². The van der Waals surface area contributed by atoms with E-state index >= 15 is 0 Å². The number of nitriles is 1. The van der Waals surface area contributed by atoms with Gasteiger partial charge < -0.3 is 5.11 Å². The number of nitrogens with zero attached hydrogens (tertiary/aromatic N) is 3. The van der Waals surface area contributed by atoms with E-state index in [1.807, 2.05) is 19.3 Å². The van der Waals surface area contributed by atoms with Crippen molar-refractivity contribution in [3.63, 3.8) is 0 Å². The van der Waals surface area contributed by atoms with Gasteiger partial charge in [-0.3, -0.25) is 4.68 Å². The minimum absolute atomic E-state index is 0.200. The van der Waals surface area contributed by atoms with Crippen molar-refractivity contribution in [1.29, 1.82) is 5.26 Å². The highest BCUT2D eigenvalue weighted by Gasteiger charge is 2.16. The monoisotopic (exact) mass is 287 g/mol. The molecule has 1 heterocycles. The lowest BCUT2D eigenvalue weighted by atomic mass is 9.95. The van der Waals surface area contributed by atoms with Crippen molar-refractivity contribution in [1.82, 2.24) is 9.78 Å². The van der Waals surface area contributed by atoms with Gasteiger partial charge in [0.15, 0.2) is 0 Å². The lowest BCUT2D eigenvalue weighted by molar-refractivity contribution is 0.180. The van der Waals surface area contributed by atoms with Gasteiger partial charge in [-0.25, -0.2) is 0 Å². The molecular formula is C15H14ClN3O. The maximum absolute atomic E-state index is 10.3. The molecule has 102 valence electrons. The van der Waals surface area contributed by atoms with Crippen molar-refractivity contribution in [2.24, 2.45) is 7.05 Å². The van der Waals surface area contributed by atoms with E-state index in [4.69, 9.17) is 16.9 Å². The highest BCUT2D eigenvalue weighted by molar-refractivity contribution is 6.30. The first-order valence-electron chi connectivity index (χ1n) is 6.05. The molecule has 0 amide bonds. The van der Waals surface area contributed by atoms with Crippen LogP contribution >= 0.6 is 11.6 Å². The summed E-state index contributed by atoms with van der Waals surface area (Å²) < 4.78 is 1.68. The second kappa shape index (κ2) is 5.91. The third-order valence-corrected chi connectivity index (χ3v) is 3.22. The number of benzene rings is 1. The van der Waals surface area contributed by atoms with E-state index in [1.165, 1.54) is 0 Å². The molecule has 1 N–H and O–H groups in total. The molecule has 0 aliphatic heterocycles. The summed E-state index contributed by atoms with van der Waals surface area (Å²) in [6, 6.07) is 7.21. The zero-order valence-electron chi connectivity index (χ0n) is 11.0. The third kappa shape index (κ3) is 3.08. The first-order chi connectivity index (χ1) is 9.51. The first kappa shape index (κ1) is 14.3. The van der Waals surface area contributed by atoms with Gasteiger partial charge in [-0.1, -0.05) is 24.2 Å². The summed E-state index contributed by atoms with van der Waals surface area (Å²) in [5.41, 5.74) is 2.72. The standard InChI is InChI=1S/C15H14ClN3O/c1-10(7-17)5-15(20)13-4-3-12(16)6-14(13)11-8-18-19(2)9-11/h3-4,6,8-9,15,20H,1,5H2,2H3. The normalized spacial score (nSPS) is 11.9. The van der Waals surface area contributed by atoms with Gasteiger partial charge in [0.2, 0.25) is 0 Å². The zero-order valence-corrected chi connectivity index (χ0v) is 11.8. The molecule has 5 heteroatoms. The summed E-state index contributed by atoms with van der Waals surface area (Å²) >= 11 is 6.03. The fourth-order valence-corrected chi connectivity index (χ4v) is 2.19. The lowest BCUT2D eigenvalue weighted by Gasteiger charge is -2.14. The summed E-state index contributed by atoms with van der Waals surface area (Å²) in [6.45, 7) is 3.60. The molecule has 0 saturated carbocycles. The van der Waals surface area contributed by atoms with Crippen LogP contribution in [0.25, 0.3) is 11.1 Å². The number of aliphatic hydroxyl groups is 1. The molecule has 20 heavy (non-hydrogen) atoms. The molecule has 4 nitrogen and oxygen atoms in total. The van der Waals surface area contributed by atoms with Crippen molar-refractivity contribution < 1.29 is 5.11 Å². The first-order valence-corrected chi connectivity index (χ1v) is 6.43. The summed E-state index contributed by atoms with van der Waals surface area (Å²) in [5.74, 6) is 0. The van der Waals surface area contributed by atoms with Gasteiger partial charge in [-0.05, 0) is 23.3 Å². The second-order valence-corrected chi connectivity index (χ2v) is 5.01. The van der Waals surface area contributed by atoms with Crippen molar-refractivity contribution in [3.8, 4) is 17.2 Å². The van der Waals surface area contributed by atoms with E-state index in [-0.39, 0.29) is 6.42 Å². The molecule has 0 fully saturated rings. The van der Waals surface area contributed by atoms with Crippen LogP contribution in [-0.4, -0.2) is 14.9 Å². The SMILES string of the molecule is C=C(C#N)CC(O)c1ccc(Cl)cc1-c1cnn(C)c1. The van der Waals surface area contributed by atoms with Gasteiger partial charge in [0, 0.05) is 35.8 Å².